The van der Waals surface area contributed by atoms with Crippen molar-refractivity contribution in [1.82, 2.24) is 9.88 Å². The Morgan fingerprint density at radius 3 is 2.94 bits per heavy atom. The molecule has 1 fully saturated rings. The Hall–Kier alpha value is -1.90. The molecule has 18 heavy (non-hydrogen) atoms. The van der Waals surface area contributed by atoms with Crippen LogP contribution in [0.25, 0.3) is 10.9 Å². The highest BCUT2D eigenvalue weighted by Gasteiger charge is 2.15. The highest BCUT2D eigenvalue weighted by atomic mass is 15.2. The van der Waals surface area contributed by atoms with Gasteiger partial charge in [-0.3, -0.25) is 10.4 Å². The van der Waals surface area contributed by atoms with E-state index in [2.05, 4.69) is 34.1 Å². The second-order valence-electron chi connectivity index (χ2n) is 4.82. The standard InChI is InChI=1S/C15H17N3/c16-14-8-1-2-10-18(14)11-13-6-3-5-12-7-4-9-17-15(12)13/h3-7,9,16H,1-2,8,10-11H2. The van der Waals surface area contributed by atoms with Crippen LogP contribution in [0.5, 0.6) is 0 Å². The lowest BCUT2D eigenvalue weighted by atomic mass is 10.1. The first-order valence-electron chi connectivity index (χ1n) is 6.49. The summed E-state index contributed by atoms with van der Waals surface area (Å²) in [7, 11) is 0. The Morgan fingerprint density at radius 1 is 1.17 bits per heavy atom. The molecule has 92 valence electrons. The zero-order valence-corrected chi connectivity index (χ0v) is 10.4. The predicted octanol–water partition coefficient (Wildman–Crippen LogP) is 3.20. The fraction of sp³-hybridized carbons (Fsp3) is 0.333. The summed E-state index contributed by atoms with van der Waals surface area (Å²) < 4.78 is 0. The van der Waals surface area contributed by atoms with Gasteiger partial charge in [0, 0.05) is 31.1 Å². The van der Waals surface area contributed by atoms with Gasteiger partial charge in [-0.1, -0.05) is 24.3 Å². The maximum atomic E-state index is 8.01. The summed E-state index contributed by atoms with van der Waals surface area (Å²) in [6.07, 6.45) is 5.11. The van der Waals surface area contributed by atoms with Crippen LogP contribution in [0.2, 0.25) is 0 Å². The van der Waals surface area contributed by atoms with Gasteiger partial charge in [0.1, 0.15) is 0 Å². The SMILES string of the molecule is N=C1CCCCN1Cc1cccc2cccnc12. The Kier molecular flexibility index (Phi) is 2.97. The molecule has 1 aliphatic heterocycles. The maximum Gasteiger partial charge on any atom is 0.0960 e. The molecule has 0 atom stereocenters. The summed E-state index contributed by atoms with van der Waals surface area (Å²) in [6.45, 7) is 1.81. The third-order valence-corrected chi connectivity index (χ3v) is 3.55. The number of fused-ring (bicyclic) bond motifs is 1. The van der Waals surface area contributed by atoms with Gasteiger partial charge in [0.15, 0.2) is 0 Å². The summed E-state index contributed by atoms with van der Waals surface area (Å²) in [4.78, 5) is 6.65. The number of piperidine rings is 1. The number of hydrogen-bond acceptors (Lipinski definition) is 2. The average Bonchev–Trinajstić information content (AvgIpc) is 2.42. The molecule has 0 bridgehead atoms. The molecule has 0 saturated carbocycles. The molecule has 0 unspecified atom stereocenters. The van der Waals surface area contributed by atoms with Crippen LogP contribution in [0.3, 0.4) is 0 Å². The van der Waals surface area contributed by atoms with Crippen LogP contribution < -0.4 is 0 Å². The Morgan fingerprint density at radius 2 is 2.06 bits per heavy atom. The summed E-state index contributed by atoms with van der Waals surface area (Å²) in [5.41, 5.74) is 2.29. The van der Waals surface area contributed by atoms with Crippen molar-refractivity contribution in [2.75, 3.05) is 6.54 Å². The van der Waals surface area contributed by atoms with E-state index in [9.17, 15) is 0 Å². The van der Waals surface area contributed by atoms with Crippen molar-refractivity contribution < 1.29 is 0 Å². The molecule has 1 aliphatic rings. The number of rotatable bonds is 2. The fourth-order valence-electron chi connectivity index (χ4n) is 2.56. The molecule has 1 aromatic heterocycles. The van der Waals surface area contributed by atoms with Crippen molar-refractivity contribution in [3.63, 3.8) is 0 Å². The normalized spacial score (nSPS) is 16.2. The van der Waals surface area contributed by atoms with Gasteiger partial charge in [-0.2, -0.15) is 0 Å². The highest BCUT2D eigenvalue weighted by molar-refractivity contribution is 5.83. The molecule has 2 heterocycles. The van der Waals surface area contributed by atoms with Crippen LogP contribution in [-0.2, 0) is 6.54 Å². The lowest BCUT2D eigenvalue weighted by Crippen LogP contribution is -2.34. The number of nitrogens with zero attached hydrogens (tertiary/aromatic N) is 2. The van der Waals surface area contributed by atoms with E-state index in [0.717, 1.165) is 37.3 Å². The molecule has 0 aliphatic carbocycles. The van der Waals surface area contributed by atoms with Gasteiger partial charge < -0.3 is 4.90 Å². The molecule has 0 spiro atoms. The number of likely N-dealkylation sites (tertiary alicyclic amines) is 1. The minimum absolute atomic E-state index is 0.772. The number of hydrogen-bond donors (Lipinski definition) is 1. The van der Waals surface area contributed by atoms with Crippen molar-refractivity contribution in [2.24, 2.45) is 0 Å². The maximum absolute atomic E-state index is 8.01. The van der Waals surface area contributed by atoms with Crippen LogP contribution in [0, 0.1) is 5.41 Å². The third kappa shape index (κ3) is 2.08. The average molecular weight is 239 g/mol. The van der Waals surface area contributed by atoms with Gasteiger partial charge in [0.05, 0.1) is 11.4 Å². The Balaban J connectivity index is 1.92. The Labute approximate surface area is 107 Å². The first-order chi connectivity index (χ1) is 8.84. The minimum atomic E-state index is 0.772. The van der Waals surface area contributed by atoms with E-state index in [4.69, 9.17) is 5.41 Å². The van der Waals surface area contributed by atoms with Gasteiger partial charge >= 0.3 is 0 Å². The second-order valence-corrected chi connectivity index (χ2v) is 4.82. The van der Waals surface area contributed by atoms with E-state index in [0.29, 0.717) is 0 Å². The molecule has 3 rings (SSSR count). The van der Waals surface area contributed by atoms with E-state index < -0.39 is 0 Å². The predicted molar refractivity (Wildman–Crippen MR) is 73.7 cm³/mol. The zero-order chi connectivity index (χ0) is 12.4. The van der Waals surface area contributed by atoms with Gasteiger partial charge in [-0.25, -0.2) is 0 Å². The molecule has 3 nitrogen and oxygen atoms in total. The molecule has 0 radical (unpaired) electrons. The molecule has 1 aromatic carbocycles. The van der Waals surface area contributed by atoms with Crippen LogP contribution in [0.1, 0.15) is 24.8 Å². The molecule has 2 aromatic rings. The molecular formula is C15H17N3. The van der Waals surface area contributed by atoms with Gasteiger partial charge in [0.25, 0.3) is 0 Å². The largest absolute Gasteiger partial charge is 0.356 e. The van der Waals surface area contributed by atoms with Crippen molar-refractivity contribution >= 4 is 16.7 Å². The van der Waals surface area contributed by atoms with Crippen LogP contribution in [0.15, 0.2) is 36.5 Å². The van der Waals surface area contributed by atoms with Crippen molar-refractivity contribution in [2.45, 2.75) is 25.8 Å². The number of benzene rings is 1. The number of nitrogens with one attached hydrogen (secondary N) is 1. The van der Waals surface area contributed by atoms with E-state index in [1.807, 2.05) is 12.3 Å². The van der Waals surface area contributed by atoms with Gasteiger partial charge in [-0.05, 0) is 24.5 Å². The fourth-order valence-corrected chi connectivity index (χ4v) is 2.56. The molecule has 0 amide bonds. The number of para-hydroxylation sites is 1. The van der Waals surface area contributed by atoms with Gasteiger partial charge in [-0.15, -0.1) is 0 Å². The summed E-state index contributed by atoms with van der Waals surface area (Å²) in [5.74, 6) is 0.772. The molecule has 3 heteroatoms. The zero-order valence-electron chi connectivity index (χ0n) is 10.4. The van der Waals surface area contributed by atoms with E-state index in [1.54, 1.807) is 0 Å². The van der Waals surface area contributed by atoms with Crippen molar-refractivity contribution in [3.8, 4) is 0 Å². The smallest absolute Gasteiger partial charge is 0.0960 e. The first kappa shape index (κ1) is 11.2. The highest BCUT2D eigenvalue weighted by Crippen LogP contribution is 2.20. The Bertz CT molecular complexity index is 571. The summed E-state index contributed by atoms with van der Waals surface area (Å²) >= 11 is 0. The molecule has 1 N–H and O–H groups in total. The van der Waals surface area contributed by atoms with Gasteiger partial charge in [0.2, 0.25) is 0 Å². The number of aromatic nitrogens is 1. The topological polar surface area (TPSA) is 40.0 Å². The quantitative estimate of drug-likeness (QED) is 0.874. The van der Waals surface area contributed by atoms with E-state index >= 15 is 0 Å². The number of amidine groups is 1. The lowest BCUT2D eigenvalue weighted by Gasteiger charge is -2.29. The van der Waals surface area contributed by atoms with Crippen molar-refractivity contribution in [3.05, 3.63) is 42.1 Å². The summed E-state index contributed by atoms with van der Waals surface area (Å²) in [6, 6.07) is 10.3. The van der Waals surface area contributed by atoms with Crippen LogP contribution >= 0.6 is 0 Å². The van der Waals surface area contributed by atoms with Crippen molar-refractivity contribution in [1.29, 1.82) is 5.41 Å². The third-order valence-electron chi connectivity index (χ3n) is 3.55. The lowest BCUT2D eigenvalue weighted by molar-refractivity contribution is 0.362. The summed E-state index contributed by atoms with van der Waals surface area (Å²) in [5, 5.41) is 9.19. The molecular weight excluding hydrogens is 222 g/mol. The van der Waals surface area contributed by atoms with Crippen LogP contribution in [-0.4, -0.2) is 22.3 Å². The van der Waals surface area contributed by atoms with E-state index in [-0.39, 0.29) is 0 Å². The number of pyridine rings is 1. The second kappa shape index (κ2) is 4.77. The first-order valence-corrected chi connectivity index (χ1v) is 6.49. The van der Waals surface area contributed by atoms with Crippen LogP contribution in [0.4, 0.5) is 0 Å². The monoisotopic (exact) mass is 239 g/mol. The molecule has 1 saturated heterocycles. The minimum Gasteiger partial charge on any atom is -0.356 e. The van der Waals surface area contributed by atoms with E-state index in [1.165, 1.54) is 17.4 Å².